The molecule has 0 aliphatic rings. The molecule has 0 aliphatic carbocycles. The van der Waals surface area contributed by atoms with Crippen molar-refractivity contribution in [2.24, 2.45) is 10.8 Å². The predicted molar refractivity (Wildman–Crippen MR) is 123 cm³/mol. The second-order valence-corrected chi connectivity index (χ2v) is 9.50. The SMILES string of the molecule is CC(C)(CCNC(=S)NCCCNC(=S)NCCC(C)(C)CC(=O)O)CC(=O)O. The number of carbonyl (C=O) groups is 2. The first kappa shape index (κ1) is 27.3. The van der Waals surface area contributed by atoms with Gasteiger partial charge in [0.05, 0.1) is 12.8 Å². The van der Waals surface area contributed by atoms with Gasteiger partial charge in [-0.2, -0.15) is 0 Å². The molecule has 0 aliphatic heterocycles. The van der Waals surface area contributed by atoms with E-state index in [1.807, 2.05) is 27.7 Å². The van der Waals surface area contributed by atoms with E-state index < -0.39 is 11.9 Å². The molecule has 0 spiro atoms. The van der Waals surface area contributed by atoms with E-state index in [0.29, 0.717) is 49.2 Å². The van der Waals surface area contributed by atoms with Crippen molar-refractivity contribution in [1.82, 2.24) is 21.3 Å². The molecular formula is C19H36N4O4S2. The Morgan fingerprint density at radius 1 is 0.690 bits per heavy atom. The molecule has 6 N–H and O–H groups in total. The first-order chi connectivity index (χ1) is 13.3. The minimum atomic E-state index is -0.792. The second kappa shape index (κ2) is 13.5. The van der Waals surface area contributed by atoms with Crippen LogP contribution in [0.2, 0.25) is 0 Å². The Labute approximate surface area is 184 Å². The number of rotatable bonds is 14. The van der Waals surface area contributed by atoms with Gasteiger partial charge in [0.2, 0.25) is 0 Å². The molecule has 0 amide bonds. The Morgan fingerprint density at radius 2 is 1.00 bits per heavy atom. The number of thiocarbonyl (C=S) groups is 2. The summed E-state index contributed by atoms with van der Waals surface area (Å²) >= 11 is 10.4. The van der Waals surface area contributed by atoms with Crippen LogP contribution in [0, 0.1) is 10.8 Å². The Kier molecular flexibility index (Phi) is 12.7. The lowest BCUT2D eigenvalue weighted by atomic mass is 9.86. The summed E-state index contributed by atoms with van der Waals surface area (Å²) in [5.74, 6) is -1.58. The van der Waals surface area contributed by atoms with Gasteiger partial charge in [0.1, 0.15) is 0 Å². The predicted octanol–water partition coefficient (Wildman–Crippen LogP) is 2.09. The zero-order valence-electron chi connectivity index (χ0n) is 17.9. The van der Waals surface area contributed by atoms with Crippen molar-refractivity contribution >= 4 is 46.6 Å². The molecule has 0 saturated heterocycles. The van der Waals surface area contributed by atoms with Crippen molar-refractivity contribution in [1.29, 1.82) is 0 Å². The molecule has 0 aromatic heterocycles. The van der Waals surface area contributed by atoms with E-state index >= 15 is 0 Å². The van der Waals surface area contributed by atoms with E-state index in [0.717, 1.165) is 6.42 Å². The van der Waals surface area contributed by atoms with Gasteiger partial charge in [0.25, 0.3) is 0 Å². The Balaban J connectivity index is 3.75. The van der Waals surface area contributed by atoms with Crippen LogP contribution in [-0.2, 0) is 9.59 Å². The van der Waals surface area contributed by atoms with Crippen LogP contribution in [0.25, 0.3) is 0 Å². The highest BCUT2D eigenvalue weighted by molar-refractivity contribution is 7.80. The quantitative estimate of drug-likeness (QED) is 0.174. The lowest BCUT2D eigenvalue weighted by Gasteiger charge is -2.23. The van der Waals surface area contributed by atoms with Crippen molar-refractivity contribution < 1.29 is 19.8 Å². The fourth-order valence-corrected chi connectivity index (χ4v) is 3.05. The number of aliphatic carboxylic acids is 2. The lowest BCUT2D eigenvalue weighted by Crippen LogP contribution is -2.40. The van der Waals surface area contributed by atoms with Gasteiger partial charge in [-0.25, -0.2) is 0 Å². The van der Waals surface area contributed by atoms with Gasteiger partial charge < -0.3 is 31.5 Å². The molecule has 0 atom stereocenters. The molecule has 8 nitrogen and oxygen atoms in total. The third-order valence-corrected chi connectivity index (χ3v) is 4.94. The summed E-state index contributed by atoms with van der Waals surface area (Å²) in [6.45, 7) is 10.3. The lowest BCUT2D eigenvalue weighted by molar-refractivity contribution is -0.140. The number of carboxylic acid groups (broad SMARTS) is 2. The summed E-state index contributed by atoms with van der Waals surface area (Å²) in [5.41, 5.74) is -0.548. The fourth-order valence-electron chi connectivity index (χ4n) is 2.64. The molecular weight excluding hydrogens is 412 g/mol. The molecule has 0 saturated carbocycles. The van der Waals surface area contributed by atoms with Crippen LogP contribution in [0.15, 0.2) is 0 Å². The van der Waals surface area contributed by atoms with Crippen molar-refractivity contribution in [3.05, 3.63) is 0 Å². The van der Waals surface area contributed by atoms with Gasteiger partial charge in [0, 0.05) is 26.2 Å². The summed E-state index contributed by atoms with van der Waals surface area (Å²) in [5, 5.41) is 31.3. The van der Waals surface area contributed by atoms with E-state index in [1.54, 1.807) is 0 Å². The minimum absolute atomic E-state index is 0.130. The van der Waals surface area contributed by atoms with Crippen LogP contribution >= 0.6 is 24.4 Å². The zero-order valence-corrected chi connectivity index (χ0v) is 19.5. The third kappa shape index (κ3) is 16.9. The molecule has 168 valence electrons. The van der Waals surface area contributed by atoms with Gasteiger partial charge in [-0.05, 0) is 54.5 Å². The van der Waals surface area contributed by atoms with E-state index in [2.05, 4.69) is 21.3 Å². The number of hydrogen-bond donors (Lipinski definition) is 6. The molecule has 0 rings (SSSR count). The number of nitrogens with one attached hydrogen (secondary N) is 4. The first-order valence-electron chi connectivity index (χ1n) is 9.80. The Morgan fingerprint density at radius 3 is 1.31 bits per heavy atom. The number of carboxylic acids is 2. The highest BCUT2D eigenvalue weighted by Crippen LogP contribution is 2.24. The average Bonchev–Trinajstić information content (AvgIpc) is 2.51. The van der Waals surface area contributed by atoms with Crippen LogP contribution in [0.4, 0.5) is 0 Å². The van der Waals surface area contributed by atoms with E-state index in [-0.39, 0.29) is 23.7 Å². The minimum Gasteiger partial charge on any atom is -0.481 e. The molecule has 0 bridgehead atoms. The molecule has 0 heterocycles. The Hall–Kier alpha value is -1.68. The molecule has 0 radical (unpaired) electrons. The highest BCUT2D eigenvalue weighted by Gasteiger charge is 2.22. The second-order valence-electron chi connectivity index (χ2n) is 8.69. The van der Waals surface area contributed by atoms with Crippen LogP contribution in [-0.4, -0.2) is 58.6 Å². The molecule has 0 aromatic carbocycles. The topological polar surface area (TPSA) is 123 Å². The molecule has 0 unspecified atom stereocenters. The maximum absolute atomic E-state index is 10.8. The van der Waals surface area contributed by atoms with Gasteiger partial charge >= 0.3 is 11.9 Å². The highest BCUT2D eigenvalue weighted by atomic mass is 32.1. The summed E-state index contributed by atoms with van der Waals surface area (Å²) in [7, 11) is 0. The van der Waals surface area contributed by atoms with E-state index in [1.165, 1.54) is 0 Å². The van der Waals surface area contributed by atoms with Crippen LogP contribution in [0.3, 0.4) is 0 Å². The fraction of sp³-hybridized carbons (Fsp3) is 0.789. The van der Waals surface area contributed by atoms with E-state index in [9.17, 15) is 9.59 Å². The molecule has 0 fully saturated rings. The number of hydrogen-bond acceptors (Lipinski definition) is 4. The maximum Gasteiger partial charge on any atom is 0.303 e. The average molecular weight is 449 g/mol. The normalized spacial score (nSPS) is 11.4. The summed E-state index contributed by atoms with van der Waals surface area (Å²) in [6.07, 6.45) is 2.51. The van der Waals surface area contributed by atoms with Crippen molar-refractivity contribution in [2.45, 2.75) is 59.8 Å². The molecule has 10 heteroatoms. The first-order valence-corrected chi connectivity index (χ1v) is 10.6. The van der Waals surface area contributed by atoms with Gasteiger partial charge in [-0.1, -0.05) is 27.7 Å². The van der Waals surface area contributed by atoms with Crippen LogP contribution < -0.4 is 21.3 Å². The summed E-state index contributed by atoms with van der Waals surface area (Å²) in [4.78, 5) is 21.6. The third-order valence-electron chi connectivity index (χ3n) is 4.36. The summed E-state index contributed by atoms with van der Waals surface area (Å²) in [6, 6.07) is 0. The van der Waals surface area contributed by atoms with Gasteiger partial charge in [0.15, 0.2) is 10.2 Å². The summed E-state index contributed by atoms with van der Waals surface area (Å²) < 4.78 is 0. The largest absolute Gasteiger partial charge is 0.481 e. The van der Waals surface area contributed by atoms with Gasteiger partial charge in [-0.15, -0.1) is 0 Å². The monoisotopic (exact) mass is 448 g/mol. The maximum atomic E-state index is 10.8. The van der Waals surface area contributed by atoms with Crippen LogP contribution in [0.5, 0.6) is 0 Å². The zero-order chi connectivity index (χ0) is 22.5. The van der Waals surface area contributed by atoms with Crippen molar-refractivity contribution in [2.75, 3.05) is 26.2 Å². The standard InChI is InChI=1S/C19H36N4O4S2/c1-18(2,12-14(24)25)6-10-22-16(28)20-8-5-9-21-17(29)23-11-7-19(3,4)13-15(26)27/h5-13H2,1-4H3,(H,24,25)(H,26,27)(H2,20,22,28)(H2,21,23,29). The van der Waals surface area contributed by atoms with Crippen LogP contribution in [0.1, 0.15) is 59.8 Å². The van der Waals surface area contributed by atoms with E-state index in [4.69, 9.17) is 34.6 Å². The Bertz CT molecular complexity index is 520. The van der Waals surface area contributed by atoms with Crippen molar-refractivity contribution in [3.63, 3.8) is 0 Å². The van der Waals surface area contributed by atoms with Gasteiger partial charge in [-0.3, -0.25) is 9.59 Å². The van der Waals surface area contributed by atoms with Crippen molar-refractivity contribution in [3.8, 4) is 0 Å². The smallest absolute Gasteiger partial charge is 0.303 e. The molecule has 0 aromatic rings. The molecule has 29 heavy (non-hydrogen) atoms.